The smallest absolute Gasteiger partial charge is 0.333 e. The average molecular weight is 248 g/mol. The molecule has 2 nitrogen and oxygen atoms in total. The molecule has 0 unspecified atom stereocenters. The molecule has 3 aliphatic rings. The van der Waals surface area contributed by atoms with Gasteiger partial charge in [-0.3, -0.25) is 0 Å². The Morgan fingerprint density at radius 3 is 2.72 bits per heavy atom. The average Bonchev–Trinajstić information content (AvgIpc) is 2.75. The van der Waals surface area contributed by atoms with Gasteiger partial charge in [0.1, 0.15) is 0 Å². The Bertz CT molecular complexity index is 432. The summed E-state index contributed by atoms with van der Waals surface area (Å²) in [6.45, 7) is 7.25. The molecule has 100 valence electrons. The minimum Gasteiger partial charge on any atom is -0.466 e. The van der Waals surface area contributed by atoms with Crippen LogP contribution in [-0.2, 0) is 9.53 Å². The molecule has 2 bridgehead atoms. The topological polar surface area (TPSA) is 26.3 Å². The van der Waals surface area contributed by atoms with Gasteiger partial charge in [0.05, 0.1) is 7.11 Å². The summed E-state index contributed by atoms with van der Waals surface area (Å²) in [4.78, 5) is 12.0. The number of fused-ring (bicyclic) bond motifs is 1. The zero-order chi connectivity index (χ0) is 13.1. The molecule has 2 saturated carbocycles. The van der Waals surface area contributed by atoms with Crippen LogP contribution < -0.4 is 0 Å². The number of esters is 1. The fraction of sp³-hybridized carbons (Fsp3) is 0.812. The number of carbonyl (C=O) groups is 1. The highest BCUT2D eigenvalue weighted by molar-refractivity contribution is 5.90. The molecule has 0 amide bonds. The molecule has 0 heterocycles. The zero-order valence-corrected chi connectivity index (χ0v) is 12.0. The largest absolute Gasteiger partial charge is 0.466 e. The van der Waals surface area contributed by atoms with Gasteiger partial charge in [-0.05, 0) is 49.4 Å². The quantitative estimate of drug-likeness (QED) is 0.661. The van der Waals surface area contributed by atoms with Gasteiger partial charge in [-0.1, -0.05) is 26.3 Å². The minimum atomic E-state index is -0.0718. The SMILES string of the molecule is COC(=O)C1=C2C[C@@H]3CC[C@@H](C)[C@]2(CC1)C3(C)C. The maximum Gasteiger partial charge on any atom is 0.333 e. The fourth-order valence-electron chi connectivity index (χ4n) is 5.46. The van der Waals surface area contributed by atoms with Crippen LogP contribution in [0.15, 0.2) is 11.1 Å². The number of hydrogen-bond acceptors (Lipinski definition) is 2. The normalized spacial score (nSPS) is 40.9. The van der Waals surface area contributed by atoms with E-state index in [0.29, 0.717) is 16.7 Å². The van der Waals surface area contributed by atoms with Crippen molar-refractivity contribution in [2.75, 3.05) is 7.11 Å². The standard InChI is InChI=1S/C16H24O2/c1-10-5-6-11-9-13-12(14(17)18-4)7-8-16(10,13)15(11,2)3/h10-11H,5-9H2,1-4H3/t10-,11+,16+/m1/s1. The van der Waals surface area contributed by atoms with Crippen LogP contribution in [0.2, 0.25) is 0 Å². The van der Waals surface area contributed by atoms with E-state index in [-0.39, 0.29) is 5.97 Å². The van der Waals surface area contributed by atoms with Gasteiger partial charge in [-0.15, -0.1) is 0 Å². The third-order valence-electron chi connectivity index (χ3n) is 6.51. The van der Waals surface area contributed by atoms with Crippen LogP contribution >= 0.6 is 0 Å². The highest BCUT2D eigenvalue weighted by Gasteiger charge is 2.64. The van der Waals surface area contributed by atoms with Crippen molar-refractivity contribution in [1.82, 2.24) is 0 Å². The Labute approximate surface area is 110 Å². The predicted octanol–water partition coefficient (Wildman–Crippen LogP) is 3.71. The van der Waals surface area contributed by atoms with Crippen molar-refractivity contribution < 1.29 is 9.53 Å². The first kappa shape index (κ1) is 12.3. The molecule has 0 aromatic carbocycles. The van der Waals surface area contributed by atoms with Gasteiger partial charge in [-0.25, -0.2) is 4.79 Å². The van der Waals surface area contributed by atoms with E-state index < -0.39 is 0 Å². The summed E-state index contributed by atoms with van der Waals surface area (Å²) < 4.78 is 4.99. The lowest BCUT2D eigenvalue weighted by Gasteiger charge is -2.51. The van der Waals surface area contributed by atoms with Crippen LogP contribution in [0.1, 0.15) is 52.9 Å². The Morgan fingerprint density at radius 1 is 1.33 bits per heavy atom. The molecule has 0 N–H and O–H groups in total. The van der Waals surface area contributed by atoms with E-state index in [0.717, 1.165) is 30.8 Å². The van der Waals surface area contributed by atoms with E-state index in [1.54, 1.807) is 0 Å². The summed E-state index contributed by atoms with van der Waals surface area (Å²) in [5, 5.41) is 0. The van der Waals surface area contributed by atoms with Gasteiger partial charge in [0.15, 0.2) is 0 Å². The van der Waals surface area contributed by atoms with E-state index in [4.69, 9.17) is 4.74 Å². The first-order chi connectivity index (χ1) is 8.45. The zero-order valence-electron chi connectivity index (χ0n) is 12.0. The summed E-state index contributed by atoms with van der Waals surface area (Å²) in [6, 6.07) is 0. The number of allylic oxidation sites excluding steroid dienone is 1. The molecular weight excluding hydrogens is 224 g/mol. The van der Waals surface area contributed by atoms with E-state index in [1.807, 2.05) is 0 Å². The molecule has 2 fully saturated rings. The second kappa shape index (κ2) is 3.61. The van der Waals surface area contributed by atoms with Crippen molar-refractivity contribution >= 4 is 5.97 Å². The van der Waals surface area contributed by atoms with Gasteiger partial charge in [0.2, 0.25) is 0 Å². The second-order valence-electron chi connectivity index (χ2n) is 7.02. The van der Waals surface area contributed by atoms with Gasteiger partial charge >= 0.3 is 5.97 Å². The van der Waals surface area contributed by atoms with Crippen LogP contribution in [0.25, 0.3) is 0 Å². The third-order valence-corrected chi connectivity index (χ3v) is 6.51. The number of hydrogen-bond donors (Lipinski definition) is 0. The Kier molecular flexibility index (Phi) is 2.46. The molecule has 0 aromatic heterocycles. The summed E-state index contributed by atoms with van der Waals surface area (Å²) >= 11 is 0. The van der Waals surface area contributed by atoms with Gasteiger partial charge in [0.25, 0.3) is 0 Å². The van der Waals surface area contributed by atoms with Crippen molar-refractivity contribution in [2.24, 2.45) is 22.7 Å². The Hall–Kier alpha value is -0.790. The molecule has 0 saturated heterocycles. The van der Waals surface area contributed by atoms with E-state index in [2.05, 4.69) is 20.8 Å². The molecule has 0 aliphatic heterocycles. The summed E-state index contributed by atoms with van der Waals surface area (Å²) in [5.41, 5.74) is 3.13. The summed E-state index contributed by atoms with van der Waals surface area (Å²) in [5.74, 6) is 1.41. The van der Waals surface area contributed by atoms with Crippen molar-refractivity contribution in [2.45, 2.75) is 52.9 Å². The number of rotatable bonds is 1. The lowest BCUT2D eigenvalue weighted by Crippen LogP contribution is -2.44. The lowest BCUT2D eigenvalue weighted by atomic mass is 9.53. The first-order valence-corrected chi connectivity index (χ1v) is 7.26. The molecule has 3 aliphatic carbocycles. The monoisotopic (exact) mass is 248 g/mol. The molecule has 3 atom stereocenters. The maximum absolute atomic E-state index is 12.0. The third kappa shape index (κ3) is 1.17. The number of carbonyl (C=O) groups excluding carboxylic acids is 1. The molecular formula is C16H24O2. The molecule has 0 aromatic rings. The number of ether oxygens (including phenoxy) is 1. The molecule has 0 radical (unpaired) electrons. The lowest BCUT2D eigenvalue weighted by molar-refractivity contribution is -0.136. The molecule has 1 spiro atoms. The van der Waals surface area contributed by atoms with Crippen LogP contribution in [0, 0.1) is 22.7 Å². The van der Waals surface area contributed by atoms with Gasteiger partial charge in [-0.2, -0.15) is 0 Å². The molecule has 2 heteroatoms. The van der Waals surface area contributed by atoms with Crippen LogP contribution in [0.5, 0.6) is 0 Å². The highest BCUT2D eigenvalue weighted by Crippen LogP contribution is 2.72. The highest BCUT2D eigenvalue weighted by atomic mass is 16.5. The molecule has 18 heavy (non-hydrogen) atoms. The summed E-state index contributed by atoms with van der Waals surface area (Å²) in [6.07, 6.45) is 5.89. The van der Waals surface area contributed by atoms with Crippen LogP contribution in [-0.4, -0.2) is 13.1 Å². The second-order valence-corrected chi connectivity index (χ2v) is 7.02. The fourth-order valence-corrected chi connectivity index (χ4v) is 5.46. The van der Waals surface area contributed by atoms with Crippen LogP contribution in [0.4, 0.5) is 0 Å². The predicted molar refractivity (Wildman–Crippen MR) is 71.0 cm³/mol. The van der Waals surface area contributed by atoms with Crippen molar-refractivity contribution in [3.63, 3.8) is 0 Å². The van der Waals surface area contributed by atoms with Gasteiger partial charge in [0, 0.05) is 11.0 Å². The molecule has 3 rings (SSSR count). The van der Waals surface area contributed by atoms with Crippen molar-refractivity contribution in [3.8, 4) is 0 Å². The van der Waals surface area contributed by atoms with Crippen molar-refractivity contribution in [1.29, 1.82) is 0 Å². The minimum absolute atomic E-state index is 0.0718. The Balaban J connectivity index is 2.15. The van der Waals surface area contributed by atoms with E-state index in [1.165, 1.54) is 25.5 Å². The summed E-state index contributed by atoms with van der Waals surface area (Å²) in [7, 11) is 1.51. The maximum atomic E-state index is 12.0. The first-order valence-electron chi connectivity index (χ1n) is 7.26. The van der Waals surface area contributed by atoms with Gasteiger partial charge < -0.3 is 4.74 Å². The van der Waals surface area contributed by atoms with E-state index in [9.17, 15) is 4.79 Å². The van der Waals surface area contributed by atoms with Crippen LogP contribution in [0.3, 0.4) is 0 Å². The van der Waals surface area contributed by atoms with E-state index >= 15 is 0 Å². The van der Waals surface area contributed by atoms with Crippen molar-refractivity contribution in [3.05, 3.63) is 11.1 Å². The number of methoxy groups -OCH3 is 1. The Morgan fingerprint density at radius 2 is 2.06 bits per heavy atom.